The van der Waals surface area contributed by atoms with Crippen LogP contribution in [0.2, 0.25) is 0 Å². The third-order valence-electron chi connectivity index (χ3n) is 3.94. The highest BCUT2D eigenvalue weighted by Crippen LogP contribution is 2.25. The molecule has 1 aromatic heterocycles. The lowest BCUT2D eigenvalue weighted by molar-refractivity contribution is -0.385. The van der Waals surface area contributed by atoms with E-state index in [2.05, 4.69) is 9.55 Å². The van der Waals surface area contributed by atoms with E-state index in [1.54, 1.807) is 12.1 Å². The fourth-order valence-corrected chi connectivity index (χ4v) is 2.94. The SMILES string of the molecule is Cc1nc2c(n1Cc1ccccc1[N+](=O)[O-])CCCC2. The van der Waals surface area contributed by atoms with Crippen LogP contribution >= 0.6 is 0 Å². The molecule has 0 fully saturated rings. The molecule has 1 aliphatic rings. The number of para-hydroxylation sites is 1. The Morgan fingerprint density at radius 1 is 1.30 bits per heavy atom. The number of aryl methyl sites for hydroxylation is 2. The smallest absolute Gasteiger partial charge is 0.274 e. The molecule has 3 rings (SSSR count). The first-order valence-corrected chi connectivity index (χ1v) is 6.94. The molecular formula is C15H17N3O2. The van der Waals surface area contributed by atoms with Gasteiger partial charge in [-0.15, -0.1) is 0 Å². The van der Waals surface area contributed by atoms with Crippen LogP contribution in [0.25, 0.3) is 0 Å². The molecule has 1 heterocycles. The summed E-state index contributed by atoms with van der Waals surface area (Å²) < 4.78 is 2.14. The summed E-state index contributed by atoms with van der Waals surface area (Å²) >= 11 is 0. The van der Waals surface area contributed by atoms with E-state index in [-0.39, 0.29) is 10.6 Å². The number of rotatable bonds is 3. The summed E-state index contributed by atoms with van der Waals surface area (Å²) in [7, 11) is 0. The number of aromatic nitrogens is 2. The molecule has 1 aromatic carbocycles. The molecule has 1 aliphatic carbocycles. The van der Waals surface area contributed by atoms with Crippen molar-refractivity contribution >= 4 is 5.69 Å². The van der Waals surface area contributed by atoms with E-state index in [0.29, 0.717) is 6.54 Å². The van der Waals surface area contributed by atoms with Gasteiger partial charge in [-0.05, 0) is 32.6 Å². The van der Waals surface area contributed by atoms with Crippen LogP contribution in [0.15, 0.2) is 24.3 Å². The summed E-state index contributed by atoms with van der Waals surface area (Å²) in [5, 5.41) is 11.1. The van der Waals surface area contributed by atoms with Crippen molar-refractivity contribution < 1.29 is 4.92 Å². The second-order valence-corrected chi connectivity index (χ2v) is 5.23. The van der Waals surface area contributed by atoms with Crippen LogP contribution in [0.1, 0.15) is 35.6 Å². The molecule has 104 valence electrons. The van der Waals surface area contributed by atoms with E-state index in [9.17, 15) is 10.1 Å². The Morgan fingerprint density at radius 3 is 2.85 bits per heavy atom. The summed E-state index contributed by atoms with van der Waals surface area (Å²) in [6, 6.07) is 6.94. The molecule has 2 aromatic rings. The lowest BCUT2D eigenvalue weighted by atomic mass is 10.0. The molecule has 0 spiro atoms. The van der Waals surface area contributed by atoms with Crippen LogP contribution in [0, 0.1) is 17.0 Å². The summed E-state index contributed by atoms with van der Waals surface area (Å²) in [5.41, 5.74) is 3.36. The molecule has 0 atom stereocenters. The van der Waals surface area contributed by atoms with Crippen molar-refractivity contribution in [2.45, 2.75) is 39.2 Å². The Kier molecular flexibility index (Phi) is 3.26. The van der Waals surface area contributed by atoms with Crippen molar-refractivity contribution in [1.29, 1.82) is 0 Å². The number of hydrogen-bond donors (Lipinski definition) is 0. The number of fused-ring (bicyclic) bond motifs is 1. The molecule has 0 unspecified atom stereocenters. The first-order chi connectivity index (χ1) is 9.66. The number of nitro benzene ring substituents is 1. The lowest BCUT2D eigenvalue weighted by Crippen LogP contribution is -2.11. The maximum atomic E-state index is 11.1. The second-order valence-electron chi connectivity index (χ2n) is 5.23. The third-order valence-corrected chi connectivity index (χ3v) is 3.94. The predicted octanol–water partition coefficient (Wildman–Crippen LogP) is 3.03. The minimum atomic E-state index is -0.311. The topological polar surface area (TPSA) is 61.0 Å². The highest BCUT2D eigenvalue weighted by molar-refractivity contribution is 5.40. The van der Waals surface area contributed by atoms with E-state index < -0.39 is 0 Å². The molecule has 20 heavy (non-hydrogen) atoms. The van der Waals surface area contributed by atoms with Crippen molar-refractivity contribution in [3.63, 3.8) is 0 Å². The van der Waals surface area contributed by atoms with E-state index in [1.807, 2.05) is 19.1 Å². The molecule has 0 saturated heterocycles. The number of imidazole rings is 1. The largest absolute Gasteiger partial charge is 0.327 e. The zero-order valence-corrected chi connectivity index (χ0v) is 11.5. The first-order valence-electron chi connectivity index (χ1n) is 6.94. The molecule has 0 bridgehead atoms. The Morgan fingerprint density at radius 2 is 2.05 bits per heavy atom. The van der Waals surface area contributed by atoms with Crippen LogP contribution < -0.4 is 0 Å². The van der Waals surface area contributed by atoms with Crippen molar-refractivity contribution in [3.05, 3.63) is 57.2 Å². The van der Waals surface area contributed by atoms with Crippen LogP contribution in [0.3, 0.4) is 0 Å². The van der Waals surface area contributed by atoms with E-state index in [4.69, 9.17) is 0 Å². The van der Waals surface area contributed by atoms with E-state index in [0.717, 1.165) is 24.2 Å². The maximum Gasteiger partial charge on any atom is 0.274 e. The summed E-state index contributed by atoms with van der Waals surface area (Å²) in [4.78, 5) is 15.4. The number of nitrogens with zero attached hydrogens (tertiary/aromatic N) is 3. The molecule has 0 saturated carbocycles. The van der Waals surface area contributed by atoms with Crippen LogP contribution in [-0.2, 0) is 19.4 Å². The highest BCUT2D eigenvalue weighted by Gasteiger charge is 2.20. The van der Waals surface area contributed by atoms with Crippen LogP contribution in [0.5, 0.6) is 0 Å². The Balaban J connectivity index is 2.00. The zero-order chi connectivity index (χ0) is 14.1. The quantitative estimate of drug-likeness (QED) is 0.636. The predicted molar refractivity (Wildman–Crippen MR) is 75.8 cm³/mol. The summed E-state index contributed by atoms with van der Waals surface area (Å²) in [6.45, 7) is 2.51. The van der Waals surface area contributed by atoms with Crippen molar-refractivity contribution in [2.24, 2.45) is 0 Å². The Hall–Kier alpha value is -2.17. The number of hydrogen-bond acceptors (Lipinski definition) is 3. The standard InChI is InChI=1S/C15H17N3O2/c1-11-16-13-7-3-5-9-15(13)17(11)10-12-6-2-4-8-14(12)18(19)20/h2,4,6,8H,3,5,7,9-10H2,1H3. The van der Waals surface area contributed by atoms with Crippen LogP contribution in [-0.4, -0.2) is 14.5 Å². The summed E-state index contributed by atoms with van der Waals surface area (Å²) in [5.74, 6) is 0.954. The van der Waals surface area contributed by atoms with Gasteiger partial charge in [-0.25, -0.2) is 4.98 Å². The van der Waals surface area contributed by atoms with Crippen LogP contribution in [0.4, 0.5) is 5.69 Å². The van der Waals surface area contributed by atoms with E-state index >= 15 is 0 Å². The van der Waals surface area contributed by atoms with Gasteiger partial charge in [-0.2, -0.15) is 0 Å². The number of nitro groups is 1. The van der Waals surface area contributed by atoms with E-state index in [1.165, 1.54) is 24.2 Å². The van der Waals surface area contributed by atoms with Gasteiger partial charge in [0, 0.05) is 17.3 Å². The molecule has 0 amide bonds. The van der Waals surface area contributed by atoms with Crippen molar-refractivity contribution in [3.8, 4) is 0 Å². The maximum absolute atomic E-state index is 11.1. The molecule has 0 aliphatic heterocycles. The summed E-state index contributed by atoms with van der Waals surface area (Å²) in [6.07, 6.45) is 4.42. The van der Waals surface area contributed by atoms with Crippen molar-refractivity contribution in [2.75, 3.05) is 0 Å². The molecule has 5 heteroatoms. The fourth-order valence-electron chi connectivity index (χ4n) is 2.94. The average molecular weight is 271 g/mol. The Labute approximate surface area is 117 Å². The molecule has 5 nitrogen and oxygen atoms in total. The normalized spacial score (nSPS) is 14.1. The highest BCUT2D eigenvalue weighted by atomic mass is 16.6. The second kappa shape index (κ2) is 5.07. The van der Waals surface area contributed by atoms with Gasteiger partial charge in [0.25, 0.3) is 5.69 Å². The van der Waals surface area contributed by atoms with Gasteiger partial charge in [0.15, 0.2) is 0 Å². The monoisotopic (exact) mass is 271 g/mol. The molecule has 0 N–H and O–H groups in total. The average Bonchev–Trinajstić information content (AvgIpc) is 2.76. The first kappa shape index (κ1) is 12.8. The molecule has 0 radical (unpaired) electrons. The fraction of sp³-hybridized carbons (Fsp3) is 0.400. The minimum absolute atomic E-state index is 0.185. The lowest BCUT2D eigenvalue weighted by Gasteiger charge is -2.14. The van der Waals surface area contributed by atoms with Crippen molar-refractivity contribution in [1.82, 2.24) is 9.55 Å². The van der Waals surface area contributed by atoms with Gasteiger partial charge >= 0.3 is 0 Å². The van der Waals surface area contributed by atoms with Gasteiger partial charge in [-0.1, -0.05) is 18.2 Å². The number of benzene rings is 1. The minimum Gasteiger partial charge on any atom is -0.327 e. The molecular weight excluding hydrogens is 254 g/mol. The third kappa shape index (κ3) is 2.19. The zero-order valence-electron chi connectivity index (χ0n) is 11.5. The van der Waals surface area contributed by atoms with Gasteiger partial charge < -0.3 is 4.57 Å². The van der Waals surface area contributed by atoms with Gasteiger partial charge in [0.1, 0.15) is 5.82 Å². The van der Waals surface area contributed by atoms with Gasteiger partial charge in [-0.3, -0.25) is 10.1 Å². The Bertz CT molecular complexity index is 661. The van der Waals surface area contributed by atoms with Gasteiger partial charge in [0.2, 0.25) is 0 Å². The van der Waals surface area contributed by atoms with Gasteiger partial charge in [0.05, 0.1) is 17.2 Å².